The van der Waals surface area contributed by atoms with Crippen molar-refractivity contribution in [1.29, 1.82) is 0 Å². The van der Waals surface area contributed by atoms with Gasteiger partial charge in [-0.25, -0.2) is 4.98 Å². The maximum Gasteiger partial charge on any atom is 0.216 e. The first kappa shape index (κ1) is 20.7. The van der Waals surface area contributed by atoms with Crippen LogP contribution in [0.1, 0.15) is 11.4 Å². The number of furan rings is 1. The Labute approximate surface area is 174 Å². The third kappa shape index (κ3) is 5.71. The average Bonchev–Trinajstić information content (AvgIpc) is 3.36. The molecule has 0 saturated carbocycles. The summed E-state index contributed by atoms with van der Waals surface area (Å²) in [6.45, 7) is 1.28. The molecular weight excluding hydrogens is 459 g/mol. The monoisotopic (exact) mass is 482 g/mol. The van der Waals surface area contributed by atoms with Crippen LogP contribution in [-0.2, 0) is 13.0 Å². The maximum absolute atomic E-state index is 5.36. The molecular formula is C18H23IN6O2. The highest BCUT2D eigenvalue weighted by Gasteiger charge is 2.08. The third-order valence-electron chi connectivity index (χ3n) is 3.79. The van der Waals surface area contributed by atoms with Crippen LogP contribution in [0.3, 0.4) is 0 Å². The van der Waals surface area contributed by atoms with E-state index in [1.807, 2.05) is 36.4 Å². The molecule has 0 spiro atoms. The summed E-state index contributed by atoms with van der Waals surface area (Å²) in [5.74, 6) is 3.55. The van der Waals surface area contributed by atoms with E-state index in [9.17, 15) is 0 Å². The van der Waals surface area contributed by atoms with E-state index in [2.05, 4.69) is 30.8 Å². The number of nitrogens with one attached hydrogen (secondary N) is 3. The highest BCUT2D eigenvalue weighted by molar-refractivity contribution is 14.0. The van der Waals surface area contributed by atoms with Crippen molar-refractivity contribution < 1.29 is 9.15 Å². The molecule has 8 nitrogen and oxygen atoms in total. The van der Waals surface area contributed by atoms with E-state index in [4.69, 9.17) is 9.15 Å². The Hall–Kier alpha value is -2.56. The number of para-hydroxylation sites is 1. The van der Waals surface area contributed by atoms with Gasteiger partial charge in [-0.2, -0.15) is 5.10 Å². The molecule has 0 bridgehead atoms. The molecule has 2 heterocycles. The summed E-state index contributed by atoms with van der Waals surface area (Å²) in [5.41, 5.74) is 1.07. The highest BCUT2D eigenvalue weighted by Crippen LogP contribution is 2.16. The minimum Gasteiger partial charge on any atom is -0.496 e. The molecule has 3 N–H and O–H groups in total. The van der Waals surface area contributed by atoms with Crippen LogP contribution in [0.2, 0.25) is 0 Å². The Morgan fingerprint density at radius 3 is 2.81 bits per heavy atom. The fourth-order valence-electron chi connectivity index (χ4n) is 2.47. The molecule has 0 aliphatic heterocycles. The van der Waals surface area contributed by atoms with Gasteiger partial charge in [0, 0.05) is 32.1 Å². The van der Waals surface area contributed by atoms with Gasteiger partial charge in [0.25, 0.3) is 0 Å². The molecule has 0 radical (unpaired) electrons. The van der Waals surface area contributed by atoms with E-state index < -0.39 is 0 Å². The number of H-pyrrole nitrogens is 1. The van der Waals surface area contributed by atoms with Crippen LogP contribution in [0.25, 0.3) is 11.6 Å². The number of rotatable bonds is 7. The number of aromatic nitrogens is 3. The van der Waals surface area contributed by atoms with Gasteiger partial charge in [0.05, 0.1) is 13.4 Å². The van der Waals surface area contributed by atoms with Gasteiger partial charge in [0.1, 0.15) is 11.6 Å². The third-order valence-corrected chi connectivity index (χ3v) is 3.79. The molecule has 0 unspecified atom stereocenters. The lowest BCUT2D eigenvalue weighted by atomic mass is 10.2. The number of hydrogen-bond donors (Lipinski definition) is 3. The molecule has 0 aliphatic carbocycles. The van der Waals surface area contributed by atoms with Crippen LogP contribution in [0.15, 0.2) is 52.1 Å². The first-order valence-electron chi connectivity index (χ1n) is 8.31. The van der Waals surface area contributed by atoms with E-state index in [1.165, 1.54) is 0 Å². The lowest BCUT2D eigenvalue weighted by Gasteiger charge is -2.13. The number of methoxy groups -OCH3 is 1. The molecule has 2 aromatic heterocycles. The topological polar surface area (TPSA) is 100 Å². The molecule has 3 aromatic rings. The first-order chi connectivity index (χ1) is 12.8. The summed E-state index contributed by atoms with van der Waals surface area (Å²) in [7, 11) is 3.40. The van der Waals surface area contributed by atoms with Gasteiger partial charge in [-0.05, 0) is 18.2 Å². The van der Waals surface area contributed by atoms with E-state index in [1.54, 1.807) is 20.4 Å². The van der Waals surface area contributed by atoms with Gasteiger partial charge in [0.2, 0.25) is 5.82 Å². The standard InChI is InChI=1S/C18H22N6O2.HI/c1-19-18(21-12-13-6-3-4-7-14(13)25-2)20-10-9-16-22-17(24-23-16)15-8-5-11-26-15;/h3-8,11H,9-10,12H2,1-2H3,(H2,19,20,21)(H,22,23,24);1H. The van der Waals surface area contributed by atoms with Crippen molar-refractivity contribution in [3.63, 3.8) is 0 Å². The fraction of sp³-hybridized carbons (Fsp3) is 0.278. The summed E-state index contributed by atoms with van der Waals surface area (Å²) >= 11 is 0. The van der Waals surface area contributed by atoms with Gasteiger partial charge < -0.3 is 19.8 Å². The second kappa shape index (κ2) is 10.6. The lowest BCUT2D eigenvalue weighted by Crippen LogP contribution is -2.38. The first-order valence-corrected chi connectivity index (χ1v) is 8.31. The van der Waals surface area contributed by atoms with E-state index in [0.29, 0.717) is 37.1 Å². The average molecular weight is 482 g/mol. The van der Waals surface area contributed by atoms with Gasteiger partial charge in [-0.3, -0.25) is 10.1 Å². The second-order valence-electron chi connectivity index (χ2n) is 5.50. The van der Waals surface area contributed by atoms with Gasteiger partial charge >= 0.3 is 0 Å². The number of aromatic amines is 1. The van der Waals surface area contributed by atoms with Crippen LogP contribution in [0.5, 0.6) is 5.75 Å². The Morgan fingerprint density at radius 1 is 1.22 bits per heavy atom. The Kier molecular flexibility index (Phi) is 8.11. The van der Waals surface area contributed by atoms with Crippen LogP contribution in [-0.4, -0.2) is 41.8 Å². The van der Waals surface area contributed by atoms with Crippen molar-refractivity contribution in [3.8, 4) is 17.3 Å². The highest BCUT2D eigenvalue weighted by atomic mass is 127. The van der Waals surface area contributed by atoms with Crippen molar-refractivity contribution in [2.75, 3.05) is 20.7 Å². The Morgan fingerprint density at radius 2 is 2.07 bits per heavy atom. The van der Waals surface area contributed by atoms with E-state index in [-0.39, 0.29) is 24.0 Å². The van der Waals surface area contributed by atoms with Gasteiger partial charge in [-0.15, -0.1) is 24.0 Å². The van der Waals surface area contributed by atoms with Crippen LogP contribution in [0, 0.1) is 0 Å². The largest absolute Gasteiger partial charge is 0.496 e. The minimum atomic E-state index is 0. The molecule has 27 heavy (non-hydrogen) atoms. The van der Waals surface area contributed by atoms with E-state index in [0.717, 1.165) is 17.1 Å². The number of guanidine groups is 1. The molecule has 3 rings (SSSR count). The normalized spacial score (nSPS) is 11.0. The zero-order valence-electron chi connectivity index (χ0n) is 15.2. The minimum absolute atomic E-state index is 0. The second-order valence-corrected chi connectivity index (χ2v) is 5.50. The molecule has 0 amide bonds. The zero-order valence-corrected chi connectivity index (χ0v) is 17.6. The van der Waals surface area contributed by atoms with E-state index >= 15 is 0 Å². The molecule has 1 aromatic carbocycles. The molecule has 9 heteroatoms. The molecule has 144 valence electrons. The van der Waals surface area contributed by atoms with Crippen molar-refractivity contribution >= 4 is 29.9 Å². The zero-order chi connectivity index (χ0) is 18.2. The van der Waals surface area contributed by atoms with Crippen molar-refractivity contribution in [2.45, 2.75) is 13.0 Å². The molecule has 0 atom stereocenters. The number of hydrogen-bond acceptors (Lipinski definition) is 5. The van der Waals surface area contributed by atoms with Gasteiger partial charge in [-0.1, -0.05) is 18.2 Å². The number of halogens is 1. The predicted molar refractivity (Wildman–Crippen MR) is 114 cm³/mol. The summed E-state index contributed by atoms with van der Waals surface area (Å²) < 4.78 is 10.6. The molecule has 0 aliphatic rings. The van der Waals surface area contributed by atoms with Crippen LogP contribution < -0.4 is 15.4 Å². The van der Waals surface area contributed by atoms with Crippen molar-refractivity contribution in [3.05, 3.63) is 54.0 Å². The smallest absolute Gasteiger partial charge is 0.216 e. The Bertz CT molecular complexity index is 847. The Balaban J connectivity index is 0.00000261. The summed E-state index contributed by atoms with van der Waals surface area (Å²) in [4.78, 5) is 8.64. The summed E-state index contributed by atoms with van der Waals surface area (Å²) in [6, 6.07) is 11.5. The number of benzene rings is 1. The number of nitrogens with zero attached hydrogens (tertiary/aromatic N) is 3. The van der Waals surface area contributed by atoms with Crippen molar-refractivity contribution in [1.82, 2.24) is 25.8 Å². The number of aliphatic imine (C=N–C) groups is 1. The van der Waals surface area contributed by atoms with Crippen molar-refractivity contribution in [2.24, 2.45) is 4.99 Å². The quantitative estimate of drug-likeness (QED) is 0.272. The van der Waals surface area contributed by atoms with Gasteiger partial charge in [0.15, 0.2) is 11.7 Å². The molecule has 0 fully saturated rings. The number of ether oxygens (including phenoxy) is 1. The summed E-state index contributed by atoms with van der Waals surface area (Å²) in [5, 5.41) is 13.6. The molecule has 0 saturated heterocycles. The fourth-order valence-corrected chi connectivity index (χ4v) is 2.47. The maximum atomic E-state index is 5.36. The lowest BCUT2D eigenvalue weighted by molar-refractivity contribution is 0.409. The SMILES string of the molecule is CN=C(NCCc1nc(-c2ccco2)n[nH]1)NCc1ccccc1OC.I. The van der Waals surface area contributed by atoms with Crippen LogP contribution >= 0.6 is 24.0 Å². The predicted octanol–water partition coefficient (Wildman–Crippen LogP) is 2.60. The van der Waals surface area contributed by atoms with Crippen LogP contribution in [0.4, 0.5) is 0 Å². The summed E-state index contributed by atoms with van der Waals surface area (Å²) in [6.07, 6.45) is 2.29.